The maximum Gasteiger partial charge on any atom is 0.328 e. The first kappa shape index (κ1) is 35.8. The Morgan fingerprint density at radius 2 is 1.65 bits per heavy atom. The first-order chi connectivity index (χ1) is 23.2. The first-order valence-electron chi connectivity index (χ1n) is 16.1. The predicted molar refractivity (Wildman–Crippen MR) is 184 cm³/mol. The Morgan fingerprint density at radius 1 is 0.896 bits per heavy atom. The lowest BCUT2D eigenvalue weighted by Crippen LogP contribution is -2.43. The molecule has 2 atom stereocenters. The number of methoxy groups -OCH3 is 4. The van der Waals surface area contributed by atoms with Crippen LogP contribution in [0.1, 0.15) is 61.8 Å². The molecule has 48 heavy (non-hydrogen) atoms. The zero-order valence-corrected chi connectivity index (χ0v) is 28.3. The van der Waals surface area contributed by atoms with Gasteiger partial charge in [-0.1, -0.05) is 42.8 Å². The van der Waals surface area contributed by atoms with Gasteiger partial charge >= 0.3 is 5.97 Å². The summed E-state index contributed by atoms with van der Waals surface area (Å²) in [6.45, 7) is 1.98. The lowest BCUT2D eigenvalue weighted by atomic mass is 9.95. The van der Waals surface area contributed by atoms with Crippen molar-refractivity contribution in [3.8, 4) is 28.4 Å². The maximum atomic E-state index is 13.5. The molecule has 0 radical (unpaired) electrons. The molecule has 3 aromatic rings. The normalized spacial score (nSPS) is 13.9. The number of amides is 2. The number of esters is 1. The van der Waals surface area contributed by atoms with Crippen LogP contribution in [0.2, 0.25) is 0 Å². The van der Waals surface area contributed by atoms with Crippen molar-refractivity contribution < 1.29 is 33.3 Å². The van der Waals surface area contributed by atoms with Crippen molar-refractivity contribution in [2.24, 2.45) is 0 Å². The van der Waals surface area contributed by atoms with Crippen molar-refractivity contribution in [3.63, 3.8) is 0 Å². The Balaban J connectivity index is 1.44. The number of unbranched alkanes of at least 4 members (excludes halogenated alkanes) is 2. The topological polar surface area (TPSA) is 141 Å². The Labute approximate surface area is 281 Å². The summed E-state index contributed by atoms with van der Waals surface area (Å²) in [5, 5.41) is 9.07. The number of anilines is 1. The first-order valence-corrected chi connectivity index (χ1v) is 16.1. The molecular formula is C37H45N3O8. The van der Waals surface area contributed by atoms with Gasteiger partial charge in [-0.3, -0.25) is 14.4 Å². The molecule has 3 N–H and O–H groups in total. The number of ether oxygens (including phenoxy) is 4. The molecule has 2 unspecified atom stereocenters. The van der Waals surface area contributed by atoms with Gasteiger partial charge in [0.15, 0.2) is 11.5 Å². The van der Waals surface area contributed by atoms with Crippen LogP contribution in [-0.4, -0.2) is 58.8 Å². The molecule has 0 saturated heterocycles. The standard InChI is InChI=1S/C37H45N3O8/c1-23(41)39-28-17-15-25-21-32(45-2)35(46-3)36(47-4)34(25)26-16-18-29(31(42)22-27(26)28)38-19-11-7-10-14-33(43)40-30(37(44)48-5)20-24-12-8-6-9-13-24/h6,8-9,12-13,16,18,21-22,28,30H,7,10-11,14-15,17,19-20H2,1-5H3,(H,38,42)(H,39,41)(H,40,43). The molecular weight excluding hydrogens is 614 g/mol. The molecule has 0 fully saturated rings. The number of benzene rings is 2. The Bertz CT molecular complexity index is 1660. The number of hydrogen-bond donors (Lipinski definition) is 3. The van der Waals surface area contributed by atoms with Gasteiger partial charge in [0.25, 0.3) is 0 Å². The lowest BCUT2D eigenvalue weighted by Gasteiger charge is -2.19. The monoisotopic (exact) mass is 659 g/mol. The van der Waals surface area contributed by atoms with Crippen LogP contribution in [0.5, 0.6) is 17.2 Å². The zero-order chi connectivity index (χ0) is 34.6. The van der Waals surface area contributed by atoms with Gasteiger partial charge in [0.05, 0.1) is 40.2 Å². The molecule has 4 rings (SSSR count). The summed E-state index contributed by atoms with van der Waals surface area (Å²) >= 11 is 0. The highest BCUT2D eigenvalue weighted by Crippen LogP contribution is 2.50. The summed E-state index contributed by atoms with van der Waals surface area (Å²) in [5.41, 5.74) is 4.33. The maximum absolute atomic E-state index is 13.5. The van der Waals surface area contributed by atoms with E-state index in [2.05, 4.69) is 16.0 Å². The quantitative estimate of drug-likeness (QED) is 0.156. The van der Waals surface area contributed by atoms with Crippen LogP contribution in [0, 0.1) is 0 Å². The van der Waals surface area contributed by atoms with E-state index >= 15 is 0 Å². The van der Waals surface area contributed by atoms with Crippen molar-refractivity contribution in [2.75, 3.05) is 40.3 Å². The third-order valence-corrected chi connectivity index (χ3v) is 8.42. The van der Waals surface area contributed by atoms with Crippen LogP contribution in [0.3, 0.4) is 0 Å². The van der Waals surface area contributed by atoms with Crippen molar-refractivity contribution in [2.45, 2.75) is 64.0 Å². The van der Waals surface area contributed by atoms with Crippen molar-refractivity contribution in [3.05, 3.63) is 81.5 Å². The zero-order valence-electron chi connectivity index (χ0n) is 28.3. The Morgan fingerprint density at radius 3 is 2.31 bits per heavy atom. The van der Waals surface area contributed by atoms with Gasteiger partial charge in [-0.25, -0.2) is 4.79 Å². The fourth-order valence-corrected chi connectivity index (χ4v) is 6.12. The number of nitrogens with one attached hydrogen (secondary N) is 3. The van der Waals surface area contributed by atoms with E-state index in [0.717, 1.165) is 35.1 Å². The van der Waals surface area contributed by atoms with Gasteiger partial charge in [0.1, 0.15) is 6.04 Å². The highest BCUT2D eigenvalue weighted by atomic mass is 16.5. The highest BCUT2D eigenvalue weighted by molar-refractivity contribution is 5.85. The van der Waals surface area contributed by atoms with Crippen molar-refractivity contribution in [1.29, 1.82) is 0 Å². The van der Waals surface area contributed by atoms with E-state index < -0.39 is 18.1 Å². The summed E-state index contributed by atoms with van der Waals surface area (Å²) in [4.78, 5) is 50.6. The molecule has 0 aromatic heterocycles. The molecule has 0 spiro atoms. The number of fused-ring (bicyclic) bond motifs is 3. The van der Waals surface area contributed by atoms with Crippen LogP contribution in [-0.2, 0) is 32.0 Å². The van der Waals surface area contributed by atoms with Gasteiger partial charge in [-0.2, -0.15) is 0 Å². The second-order valence-electron chi connectivity index (χ2n) is 11.7. The van der Waals surface area contributed by atoms with E-state index in [1.165, 1.54) is 14.0 Å². The van der Waals surface area contributed by atoms with Crippen LogP contribution in [0.15, 0.2) is 59.4 Å². The molecule has 1 aliphatic rings. The fourth-order valence-electron chi connectivity index (χ4n) is 6.12. The van der Waals surface area contributed by atoms with E-state index in [1.807, 2.05) is 42.5 Å². The molecule has 0 bridgehead atoms. The number of aryl methyl sites for hydroxylation is 1. The van der Waals surface area contributed by atoms with Gasteiger partial charge in [0, 0.05) is 31.9 Å². The van der Waals surface area contributed by atoms with Crippen LogP contribution < -0.4 is 35.6 Å². The smallest absolute Gasteiger partial charge is 0.328 e. The lowest BCUT2D eigenvalue weighted by molar-refractivity contribution is -0.145. The Kier molecular flexibility index (Phi) is 12.8. The van der Waals surface area contributed by atoms with Crippen LogP contribution in [0.4, 0.5) is 5.69 Å². The summed E-state index contributed by atoms with van der Waals surface area (Å²) in [6.07, 6.45) is 3.88. The van der Waals surface area contributed by atoms with E-state index in [0.29, 0.717) is 60.7 Å². The molecule has 11 nitrogen and oxygen atoms in total. The van der Waals surface area contributed by atoms with E-state index in [1.54, 1.807) is 33.5 Å². The molecule has 256 valence electrons. The average Bonchev–Trinajstić information content (AvgIpc) is 3.33. The molecule has 0 saturated carbocycles. The minimum atomic E-state index is -0.753. The minimum absolute atomic E-state index is 0.193. The third kappa shape index (κ3) is 8.84. The second-order valence-corrected chi connectivity index (χ2v) is 11.7. The molecule has 0 heterocycles. The average molecular weight is 660 g/mol. The SMILES string of the molecule is COC(=O)C(Cc1ccccc1)NC(=O)CCCCCNc1ccc2c(cc1=O)C(NC(C)=O)CCc1cc(OC)c(OC)c(OC)c1-2. The summed E-state index contributed by atoms with van der Waals surface area (Å²) in [6, 6.07) is 15.4. The summed E-state index contributed by atoms with van der Waals surface area (Å²) < 4.78 is 22.0. The molecule has 1 aliphatic carbocycles. The number of rotatable bonds is 15. The number of carbonyl (C=O) groups excluding carboxylic acids is 3. The van der Waals surface area contributed by atoms with E-state index in [-0.39, 0.29) is 23.7 Å². The molecule has 2 amide bonds. The largest absolute Gasteiger partial charge is 0.493 e. The number of hydrogen-bond acceptors (Lipinski definition) is 9. The van der Waals surface area contributed by atoms with Crippen LogP contribution >= 0.6 is 0 Å². The third-order valence-electron chi connectivity index (χ3n) is 8.42. The van der Waals surface area contributed by atoms with Gasteiger partial charge in [-0.05, 0) is 66.1 Å². The van der Waals surface area contributed by atoms with Crippen molar-refractivity contribution >= 4 is 23.5 Å². The van der Waals surface area contributed by atoms with Crippen LogP contribution in [0.25, 0.3) is 11.1 Å². The molecule has 3 aromatic carbocycles. The van der Waals surface area contributed by atoms with Crippen molar-refractivity contribution in [1.82, 2.24) is 10.6 Å². The fraction of sp³-hybridized carbons (Fsp3) is 0.405. The predicted octanol–water partition coefficient (Wildman–Crippen LogP) is 4.74. The van der Waals surface area contributed by atoms with Gasteiger partial charge in [-0.15, -0.1) is 0 Å². The highest BCUT2D eigenvalue weighted by Gasteiger charge is 2.29. The summed E-state index contributed by atoms with van der Waals surface area (Å²) in [7, 11) is 5.99. The second kappa shape index (κ2) is 17.2. The summed E-state index contributed by atoms with van der Waals surface area (Å²) in [5.74, 6) is 0.579. The van der Waals surface area contributed by atoms with E-state index in [9.17, 15) is 19.2 Å². The minimum Gasteiger partial charge on any atom is -0.493 e. The van der Waals surface area contributed by atoms with Gasteiger partial charge < -0.3 is 34.9 Å². The Hall–Kier alpha value is -5.06. The van der Waals surface area contributed by atoms with Gasteiger partial charge in [0.2, 0.25) is 23.0 Å². The van der Waals surface area contributed by atoms with E-state index in [4.69, 9.17) is 18.9 Å². The number of carbonyl (C=O) groups is 3. The molecule has 0 aliphatic heterocycles. The molecule has 11 heteroatoms.